The number of halogens is 1. The van der Waals surface area contributed by atoms with Gasteiger partial charge >= 0.3 is 0 Å². The van der Waals surface area contributed by atoms with Crippen molar-refractivity contribution in [1.82, 2.24) is 4.90 Å². The van der Waals surface area contributed by atoms with Crippen LogP contribution in [0, 0.1) is 11.7 Å². The summed E-state index contributed by atoms with van der Waals surface area (Å²) in [6, 6.07) is 5.53. The van der Waals surface area contributed by atoms with Gasteiger partial charge in [-0.2, -0.15) is 0 Å². The predicted molar refractivity (Wildman–Crippen MR) is 109 cm³/mol. The van der Waals surface area contributed by atoms with Gasteiger partial charge < -0.3 is 4.90 Å². The molecule has 1 heterocycles. The molecule has 0 saturated carbocycles. The Morgan fingerprint density at radius 2 is 2.08 bits per heavy atom. The molecule has 134 valence electrons. The van der Waals surface area contributed by atoms with Crippen molar-refractivity contribution in [3.8, 4) is 0 Å². The monoisotopic (exact) mass is 347 g/mol. The highest BCUT2D eigenvalue weighted by atomic mass is 19.1. The minimum absolute atomic E-state index is 0.148. The molecule has 1 aromatic carbocycles. The molecule has 1 unspecified atom stereocenters. The van der Waals surface area contributed by atoms with E-state index < -0.39 is 0 Å². The van der Waals surface area contributed by atoms with E-state index in [0.717, 1.165) is 47.2 Å². The fraction of sp³-hybridized carbons (Fsp3) is 0.250. The van der Waals surface area contributed by atoms with E-state index in [4.69, 9.17) is 0 Å². The van der Waals surface area contributed by atoms with Crippen LogP contribution in [0.1, 0.15) is 37.8 Å². The summed E-state index contributed by atoms with van der Waals surface area (Å²) in [6.07, 6.45) is 14.9. The van der Waals surface area contributed by atoms with Crippen LogP contribution in [-0.4, -0.2) is 4.90 Å². The Morgan fingerprint density at radius 3 is 2.81 bits per heavy atom. The van der Waals surface area contributed by atoms with E-state index in [1.165, 1.54) is 5.56 Å². The minimum Gasteiger partial charge on any atom is -0.324 e. The van der Waals surface area contributed by atoms with E-state index in [2.05, 4.69) is 39.2 Å². The molecule has 0 spiro atoms. The molecule has 26 heavy (non-hydrogen) atoms. The summed E-state index contributed by atoms with van der Waals surface area (Å²) in [7, 11) is 0. The zero-order valence-electron chi connectivity index (χ0n) is 15.6. The first-order valence-electron chi connectivity index (χ1n) is 9.23. The molecule has 2 aliphatic rings. The Labute approximate surface area is 156 Å². The standard InChI is InChI=1S/C24H26FN/c1-5-7-19-10-13-24(25)23(15-19)22-14-17(3)8-12-21(22)20-11-9-18(4)26(6-2)16-20/h6,8-13,15-17H,2,4-5,7,14H2,1,3H3. The molecule has 0 amide bonds. The van der Waals surface area contributed by atoms with Crippen LogP contribution in [0.4, 0.5) is 4.39 Å². The van der Waals surface area contributed by atoms with E-state index in [1.807, 2.05) is 35.4 Å². The summed E-state index contributed by atoms with van der Waals surface area (Å²) < 4.78 is 14.7. The molecule has 0 fully saturated rings. The number of aryl methyl sites for hydroxylation is 1. The van der Waals surface area contributed by atoms with Crippen molar-refractivity contribution in [2.24, 2.45) is 5.92 Å². The van der Waals surface area contributed by atoms with Crippen LogP contribution in [-0.2, 0) is 6.42 Å². The van der Waals surface area contributed by atoms with Crippen molar-refractivity contribution in [3.63, 3.8) is 0 Å². The van der Waals surface area contributed by atoms with Crippen LogP contribution in [0.2, 0.25) is 0 Å². The van der Waals surface area contributed by atoms with Gasteiger partial charge in [0.1, 0.15) is 5.82 Å². The molecular formula is C24H26FN. The maximum absolute atomic E-state index is 14.7. The Kier molecular flexibility index (Phi) is 5.41. The summed E-state index contributed by atoms with van der Waals surface area (Å²) in [5.74, 6) is 0.242. The van der Waals surface area contributed by atoms with Crippen molar-refractivity contribution >= 4 is 5.57 Å². The second-order valence-corrected chi connectivity index (χ2v) is 7.00. The smallest absolute Gasteiger partial charge is 0.130 e. The van der Waals surface area contributed by atoms with Crippen molar-refractivity contribution in [3.05, 3.63) is 102 Å². The number of rotatable bonds is 5. The molecule has 3 rings (SSSR count). The molecule has 0 N–H and O–H groups in total. The van der Waals surface area contributed by atoms with E-state index >= 15 is 0 Å². The number of hydrogen-bond acceptors (Lipinski definition) is 1. The summed E-state index contributed by atoms with van der Waals surface area (Å²) >= 11 is 0. The molecule has 0 aromatic heterocycles. The van der Waals surface area contributed by atoms with E-state index in [0.29, 0.717) is 5.92 Å². The third-order valence-electron chi connectivity index (χ3n) is 4.91. The number of benzene rings is 1. The zero-order valence-corrected chi connectivity index (χ0v) is 15.6. The first-order chi connectivity index (χ1) is 12.5. The Morgan fingerprint density at radius 1 is 1.27 bits per heavy atom. The molecule has 2 heteroatoms. The Balaban J connectivity index is 2.13. The van der Waals surface area contributed by atoms with Gasteiger partial charge in [-0.05, 0) is 59.3 Å². The van der Waals surface area contributed by atoms with Crippen LogP contribution < -0.4 is 0 Å². The van der Waals surface area contributed by atoms with Crippen LogP contribution in [0.5, 0.6) is 0 Å². The van der Waals surface area contributed by atoms with Crippen molar-refractivity contribution in [1.29, 1.82) is 0 Å². The van der Waals surface area contributed by atoms with Gasteiger partial charge in [0.2, 0.25) is 0 Å². The SMILES string of the molecule is C=CN1C=C(C2=C(c3cc(CCC)ccc3F)CC(C)C=C2)C=CC1=C. The van der Waals surface area contributed by atoms with Crippen molar-refractivity contribution in [2.75, 3.05) is 0 Å². The fourth-order valence-corrected chi connectivity index (χ4v) is 3.51. The van der Waals surface area contributed by atoms with E-state index in [9.17, 15) is 4.39 Å². The van der Waals surface area contributed by atoms with Gasteiger partial charge in [0.25, 0.3) is 0 Å². The normalized spacial score (nSPS) is 19.8. The van der Waals surface area contributed by atoms with E-state index in [-0.39, 0.29) is 5.82 Å². The average Bonchev–Trinajstić information content (AvgIpc) is 2.64. The first kappa shape index (κ1) is 18.2. The molecule has 1 atom stereocenters. The quantitative estimate of drug-likeness (QED) is 0.584. The van der Waals surface area contributed by atoms with Gasteiger partial charge in [0.05, 0.1) is 0 Å². The minimum atomic E-state index is -0.148. The molecule has 1 aromatic rings. The lowest BCUT2D eigenvalue weighted by Gasteiger charge is -2.26. The zero-order chi connectivity index (χ0) is 18.7. The van der Waals surface area contributed by atoms with Crippen LogP contribution in [0.25, 0.3) is 5.57 Å². The second-order valence-electron chi connectivity index (χ2n) is 7.00. The molecule has 0 bridgehead atoms. The van der Waals surface area contributed by atoms with E-state index in [1.54, 1.807) is 12.3 Å². The molecule has 1 aliphatic carbocycles. The highest BCUT2D eigenvalue weighted by Gasteiger charge is 2.21. The van der Waals surface area contributed by atoms with Gasteiger partial charge in [-0.3, -0.25) is 0 Å². The van der Waals surface area contributed by atoms with Crippen LogP contribution in [0.15, 0.2) is 84.9 Å². The van der Waals surface area contributed by atoms with Gasteiger partial charge in [-0.1, -0.05) is 57.7 Å². The number of allylic oxidation sites excluding steroid dienone is 7. The van der Waals surface area contributed by atoms with Crippen molar-refractivity contribution < 1.29 is 4.39 Å². The third-order valence-corrected chi connectivity index (χ3v) is 4.91. The highest BCUT2D eigenvalue weighted by Crippen LogP contribution is 2.38. The number of nitrogens with zero attached hydrogens (tertiary/aromatic N) is 1. The summed E-state index contributed by atoms with van der Waals surface area (Å²) in [4.78, 5) is 1.90. The average molecular weight is 347 g/mol. The molecule has 0 radical (unpaired) electrons. The lowest BCUT2D eigenvalue weighted by molar-refractivity contribution is 0.619. The molecule has 0 saturated heterocycles. The summed E-state index contributed by atoms with van der Waals surface area (Å²) in [5.41, 5.74) is 5.98. The van der Waals surface area contributed by atoms with Gasteiger partial charge in [0, 0.05) is 23.7 Å². The Bertz CT molecular complexity index is 851. The topological polar surface area (TPSA) is 3.24 Å². The lowest BCUT2D eigenvalue weighted by atomic mass is 9.82. The lowest BCUT2D eigenvalue weighted by Crippen LogP contribution is -2.12. The van der Waals surface area contributed by atoms with Crippen LogP contribution in [0.3, 0.4) is 0 Å². The van der Waals surface area contributed by atoms with Gasteiger partial charge in [-0.15, -0.1) is 0 Å². The molecule has 1 aliphatic heterocycles. The van der Waals surface area contributed by atoms with Gasteiger partial charge in [0.15, 0.2) is 0 Å². The summed E-state index contributed by atoms with van der Waals surface area (Å²) in [5, 5.41) is 0. The first-order valence-corrected chi connectivity index (χ1v) is 9.23. The molecular weight excluding hydrogens is 321 g/mol. The van der Waals surface area contributed by atoms with Crippen LogP contribution >= 0.6 is 0 Å². The third kappa shape index (κ3) is 3.65. The molecule has 1 nitrogen and oxygen atoms in total. The highest BCUT2D eigenvalue weighted by molar-refractivity contribution is 5.78. The largest absolute Gasteiger partial charge is 0.324 e. The maximum atomic E-state index is 14.7. The van der Waals surface area contributed by atoms with Crippen molar-refractivity contribution in [2.45, 2.75) is 33.1 Å². The second kappa shape index (κ2) is 7.74. The fourth-order valence-electron chi connectivity index (χ4n) is 3.51. The Hall–Kier alpha value is -2.61. The maximum Gasteiger partial charge on any atom is 0.130 e. The summed E-state index contributed by atoms with van der Waals surface area (Å²) in [6.45, 7) is 12.2. The predicted octanol–water partition coefficient (Wildman–Crippen LogP) is 6.54. The number of hydrogen-bond donors (Lipinski definition) is 0. The van der Waals surface area contributed by atoms with Gasteiger partial charge in [-0.25, -0.2) is 4.39 Å².